The average Bonchev–Trinajstić information content (AvgIpc) is 2.35. The summed E-state index contributed by atoms with van der Waals surface area (Å²) in [6.45, 7) is 5.60. The van der Waals surface area contributed by atoms with Crippen molar-refractivity contribution in [3.05, 3.63) is 33.4 Å². The number of nitrogens with zero attached hydrogens (tertiary/aromatic N) is 1. The van der Waals surface area contributed by atoms with Gasteiger partial charge in [0.2, 0.25) is 0 Å². The Labute approximate surface area is 123 Å². The van der Waals surface area contributed by atoms with Crippen LogP contribution < -0.4 is 5.32 Å². The SMILES string of the molecule is CCNc1c(C)c(C(F)(F)F)nc2c(C)c(Br)ccc12. The highest BCUT2D eigenvalue weighted by atomic mass is 79.9. The largest absolute Gasteiger partial charge is 0.433 e. The molecule has 108 valence electrons. The summed E-state index contributed by atoms with van der Waals surface area (Å²) in [6.07, 6.45) is -4.46. The minimum Gasteiger partial charge on any atom is -0.385 e. The third kappa shape index (κ3) is 2.49. The van der Waals surface area contributed by atoms with Crippen LogP contribution in [0.25, 0.3) is 10.9 Å². The van der Waals surface area contributed by atoms with Gasteiger partial charge in [0, 0.05) is 27.7 Å². The summed E-state index contributed by atoms with van der Waals surface area (Å²) in [4.78, 5) is 3.85. The van der Waals surface area contributed by atoms with Crippen LogP contribution in [0.3, 0.4) is 0 Å². The number of benzene rings is 1. The van der Waals surface area contributed by atoms with Crippen molar-refractivity contribution in [2.24, 2.45) is 0 Å². The first-order valence-electron chi connectivity index (χ1n) is 6.17. The monoisotopic (exact) mass is 346 g/mol. The van der Waals surface area contributed by atoms with E-state index in [4.69, 9.17) is 0 Å². The Morgan fingerprint density at radius 1 is 1.20 bits per heavy atom. The Kier molecular flexibility index (Phi) is 3.95. The maximum atomic E-state index is 13.1. The second-order valence-electron chi connectivity index (χ2n) is 4.56. The number of anilines is 1. The average molecular weight is 347 g/mol. The van der Waals surface area contributed by atoms with E-state index >= 15 is 0 Å². The van der Waals surface area contributed by atoms with Gasteiger partial charge >= 0.3 is 6.18 Å². The topological polar surface area (TPSA) is 24.9 Å². The lowest BCUT2D eigenvalue weighted by Crippen LogP contribution is -2.14. The van der Waals surface area contributed by atoms with Gasteiger partial charge in [0.25, 0.3) is 0 Å². The number of rotatable bonds is 2. The van der Waals surface area contributed by atoms with Gasteiger partial charge in [0.05, 0.1) is 5.52 Å². The third-order valence-electron chi connectivity index (χ3n) is 3.21. The third-order valence-corrected chi connectivity index (χ3v) is 4.07. The molecule has 2 nitrogen and oxygen atoms in total. The van der Waals surface area contributed by atoms with Gasteiger partial charge in [0.1, 0.15) is 5.69 Å². The summed E-state index contributed by atoms with van der Waals surface area (Å²) < 4.78 is 40.1. The molecule has 0 unspecified atom stereocenters. The molecule has 1 aromatic carbocycles. The Morgan fingerprint density at radius 2 is 1.85 bits per heavy atom. The summed E-state index contributed by atoms with van der Waals surface area (Å²) in [5.41, 5.74) is 0.872. The molecule has 0 saturated heterocycles. The molecular formula is C14H14BrF3N2. The molecule has 0 fully saturated rings. The summed E-state index contributed by atoms with van der Waals surface area (Å²) in [5.74, 6) is 0. The number of pyridine rings is 1. The van der Waals surface area contributed by atoms with E-state index in [1.165, 1.54) is 6.92 Å². The Morgan fingerprint density at radius 3 is 2.40 bits per heavy atom. The number of nitrogens with one attached hydrogen (secondary N) is 1. The molecule has 1 heterocycles. The standard InChI is InChI=1S/C14H14BrF3N2/c1-4-19-11-8(3)13(14(16,17)18)20-12-7(2)10(15)6-5-9(11)12/h5-6H,4H2,1-3H3,(H,19,20). The van der Waals surface area contributed by atoms with Crippen LogP contribution in [0.5, 0.6) is 0 Å². The van der Waals surface area contributed by atoms with Crippen LogP contribution in [0.15, 0.2) is 16.6 Å². The van der Waals surface area contributed by atoms with E-state index in [1.807, 2.05) is 13.0 Å². The van der Waals surface area contributed by atoms with Crippen molar-refractivity contribution in [2.75, 3.05) is 11.9 Å². The smallest absolute Gasteiger partial charge is 0.385 e. The number of fused-ring (bicyclic) bond motifs is 1. The van der Waals surface area contributed by atoms with Crippen LogP contribution in [0, 0.1) is 13.8 Å². The van der Waals surface area contributed by atoms with E-state index in [1.54, 1.807) is 13.0 Å². The lowest BCUT2D eigenvalue weighted by molar-refractivity contribution is -0.141. The highest BCUT2D eigenvalue weighted by Crippen LogP contribution is 2.38. The van der Waals surface area contributed by atoms with Gasteiger partial charge in [-0.3, -0.25) is 0 Å². The summed E-state index contributed by atoms with van der Waals surface area (Å²) >= 11 is 3.33. The molecule has 0 spiro atoms. The number of halogens is 4. The highest BCUT2D eigenvalue weighted by molar-refractivity contribution is 9.10. The van der Waals surface area contributed by atoms with Gasteiger partial charge in [-0.25, -0.2) is 4.98 Å². The van der Waals surface area contributed by atoms with E-state index in [0.29, 0.717) is 28.7 Å². The molecule has 0 radical (unpaired) electrons. The molecule has 0 saturated carbocycles. The van der Waals surface area contributed by atoms with Crippen LogP contribution in [0.2, 0.25) is 0 Å². The van der Waals surface area contributed by atoms with E-state index in [-0.39, 0.29) is 5.56 Å². The zero-order chi connectivity index (χ0) is 15.1. The van der Waals surface area contributed by atoms with E-state index < -0.39 is 11.9 Å². The lowest BCUT2D eigenvalue weighted by atomic mass is 10.0. The van der Waals surface area contributed by atoms with Crippen LogP contribution in [-0.4, -0.2) is 11.5 Å². The van der Waals surface area contributed by atoms with Gasteiger partial charge in [-0.05, 0) is 38.5 Å². The summed E-state index contributed by atoms with van der Waals surface area (Å²) in [6, 6.07) is 3.61. The first-order chi connectivity index (χ1) is 9.27. The fourth-order valence-corrected chi connectivity index (χ4v) is 2.54. The Bertz CT molecular complexity index is 666. The van der Waals surface area contributed by atoms with Crippen molar-refractivity contribution in [2.45, 2.75) is 26.9 Å². The van der Waals surface area contributed by atoms with Gasteiger partial charge in [-0.2, -0.15) is 13.2 Å². The second-order valence-corrected chi connectivity index (χ2v) is 5.41. The molecule has 2 rings (SSSR count). The van der Waals surface area contributed by atoms with E-state index in [0.717, 1.165) is 4.47 Å². The summed E-state index contributed by atoms with van der Waals surface area (Å²) in [5, 5.41) is 3.73. The minimum absolute atomic E-state index is 0.133. The zero-order valence-electron chi connectivity index (χ0n) is 11.3. The van der Waals surface area contributed by atoms with Crippen LogP contribution >= 0.6 is 15.9 Å². The van der Waals surface area contributed by atoms with Gasteiger partial charge in [0.15, 0.2) is 0 Å². The van der Waals surface area contributed by atoms with Crippen LogP contribution in [-0.2, 0) is 6.18 Å². The van der Waals surface area contributed by atoms with Crippen LogP contribution in [0.4, 0.5) is 18.9 Å². The highest BCUT2D eigenvalue weighted by Gasteiger charge is 2.36. The van der Waals surface area contributed by atoms with Crippen molar-refractivity contribution in [1.82, 2.24) is 4.98 Å². The van der Waals surface area contributed by atoms with Crippen molar-refractivity contribution in [3.8, 4) is 0 Å². The second kappa shape index (κ2) is 5.24. The maximum absolute atomic E-state index is 13.1. The van der Waals surface area contributed by atoms with Gasteiger partial charge in [-0.15, -0.1) is 0 Å². The minimum atomic E-state index is -4.46. The fraction of sp³-hybridized carbons (Fsp3) is 0.357. The quantitative estimate of drug-likeness (QED) is 0.821. The predicted octanol–water partition coefficient (Wildman–Crippen LogP) is 5.06. The fourth-order valence-electron chi connectivity index (χ4n) is 2.22. The Hall–Kier alpha value is -1.30. The molecule has 20 heavy (non-hydrogen) atoms. The van der Waals surface area contributed by atoms with Gasteiger partial charge < -0.3 is 5.32 Å². The Balaban J connectivity index is 2.91. The van der Waals surface area contributed by atoms with Crippen LogP contribution in [0.1, 0.15) is 23.7 Å². The van der Waals surface area contributed by atoms with Crippen molar-refractivity contribution < 1.29 is 13.2 Å². The number of alkyl halides is 3. The first kappa shape index (κ1) is 15.1. The summed E-state index contributed by atoms with van der Waals surface area (Å²) in [7, 11) is 0. The lowest BCUT2D eigenvalue weighted by Gasteiger charge is -2.18. The molecule has 1 N–H and O–H groups in total. The molecule has 0 atom stereocenters. The first-order valence-corrected chi connectivity index (χ1v) is 6.97. The number of aryl methyl sites for hydroxylation is 1. The number of aromatic nitrogens is 1. The molecule has 0 bridgehead atoms. The molecule has 0 amide bonds. The molecule has 6 heteroatoms. The van der Waals surface area contributed by atoms with Crippen molar-refractivity contribution in [3.63, 3.8) is 0 Å². The molecular weight excluding hydrogens is 333 g/mol. The number of hydrogen-bond donors (Lipinski definition) is 1. The molecule has 0 aliphatic carbocycles. The number of hydrogen-bond acceptors (Lipinski definition) is 2. The molecule has 0 aliphatic heterocycles. The maximum Gasteiger partial charge on any atom is 0.433 e. The molecule has 2 aromatic rings. The molecule has 1 aromatic heterocycles. The molecule has 0 aliphatic rings. The van der Waals surface area contributed by atoms with Crippen molar-refractivity contribution >= 4 is 32.5 Å². The normalized spacial score (nSPS) is 11.9. The zero-order valence-corrected chi connectivity index (χ0v) is 12.9. The van der Waals surface area contributed by atoms with E-state index in [9.17, 15) is 13.2 Å². The van der Waals surface area contributed by atoms with Crippen molar-refractivity contribution in [1.29, 1.82) is 0 Å². The van der Waals surface area contributed by atoms with Gasteiger partial charge in [-0.1, -0.05) is 15.9 Å². The predicted molar refractivity (Wildman–Crippen MR) is 78.1 cm³/mol. The van der Waals surface area contributed by atoms with E-state index in [2.05, 4.69) is 26.2 Å².